The molecule has 2 aromatic rings. The second-order valence-corrected chi connectivity index (χ2v) is 6.68. The summed E-state index contributed by atoms with van der Waals surface area (Å²) in [5.74, 6) is -1.27. The molecule has 6 nitrogen and oxygen atoms in total. The molecule has 29 heavy (non-hydrogen) atoms. The monoisotopic (exact) mass is 392 g/mol. The minimum absolute atomic E-state index is 0.0184. The molecule has 2 aromatic carbocycles. The number of nitrogens with zero attached hydrogens (tertiary/aromatic N) is 1. The molecule has 0 saturated carbocycles. The Morgan fingerprint density at radius 2 is 1.83 bits per heavy atom. The van der Waals surface area contributed by atoms with E-state index in [2.05, 4.69) is 12.2 Å². The molecule has 1 N–H and O–H groups in total. The van der Waals surface area contributed by atoms with Gasteiger partial charge in [-0.1, -0.05) is 43.7 Å². The molecule has 0 bridgehead atoms. The summed E-state index contributed by atoms with van der Waals surface area (Å²) in [4.78, 5) is 36.4. The fourth-order valence-electron chi connectivity index (χ4n) is 2.73. The number of nitriles is 1. The Balaban J connectivity index is 1.80. The fourth-order valence-corrected chi connectivity index (χ4v) is 2.73. The second kappa shape index (κ2) is 10.8. The zero-order chi connectivity index (χ0) is 21.2. The van der Waals surface area contributed by atoms with Crippen molar-refractivity contribution >= 4 is 23.3 Å². The summed E-state index contributed by atoms with van der Waals surface area (Å²) >= 11 is 0. The van der Waals surface area contributed by atoms with Gasteiger partial charge in [-0.2, -0.15) is 5.26 Å². The second-order valence-electron chi connectivity index (χ2n) is 6.68. The van der Waals surface area contributed by atoms with E-state index in [9.17, 15) is 14.4 Å². The molecule has 0 aliphatic carbocycles. The van der Waals surface area contributed by atoms with Crippen molar-refractivity contribution in [3.8, 4) is 6.07 Å². The van der Waals surface area contributed by atoms with Crippen LogP contribution < -0.4 is 5.32 Å². The highest BCUT2D eigenvalue weighted by atomic mass is 16.5. The van der Waals surface area contributed by atoms with Crippen molar-refractivity contribution in [2.75, 3.05) is 5.32 Å². The van der Waals surface area contributed by atoms with E-state index in [4.69, 9.17) is 10.00 Å². The van der Waals surface area contributed by atoms with Gasteiger partial charge in [0.2, 0.25) is 0 Å². The number of Topliss-reactive ketones (excluding diaryl/α,β-unsaturated/α-hetero) is 1. The van der Waals surface area contributed by atoms with E-state index >= 15 is 0 Å². The predicted molar refractivity (Wildman–Crippen MR) is 109 cm³/mol. The number of carbonyl (C=O) groups excluding carboxylic acids is 3. The van der Waals surface area contributed by atoms with Crippen molar-refractivity contribution < 1.29 is 19.1 Å². The summed E-state index contributed by atoms with van der Waals surface area (Å²) in [6.07, 6.45) is 0.898. The molecule has 150 valence electrons. The van der Waals surface area contributed by atoms with Gasteiger partial charge in [0.25, 0.3) is 5.91 Å². The van der Waals surface area contributed by atoms with Crippen molar-refractivity contribution in [2.45, 2.75) is 45.6 Å². The van der Waals surface area contributed by atoms with E-state index in [1.807, 2.05) is 18.2 Å². The van der Waals surface area contributed by atoms with Crippen LogP contribution in [0.25, 0.3) is 0 Å². The number of anilines is 1. The maximum Gasteiger partial charge on any atom is 0.307 e. The topological polar surface area (TPSA) is 96.3 Å². The van der Waals surface area contributed by atoms with Gasteiger partial charge in [-0.15, -0.1) is 0 Å². The molecule has 6 heteroatoms. The van der Waals surface area contributed by atoms with Crippen molar-refractivity contribution in [3.05, 3.63) is 65.2 Å². The first-order valence-corrected chi connectivity index (χ1v) is 9.55. The number of ketones is 1. The molecule has 0 radical (unpaired) electrons. The molecule has 0 aliphatic heterocycles. The van der Waals surface area contributed by atoms with Crippen LogP contribution in [-0.2, 0) is 20.7 Å². The van der Waals surface area contributed by atoms with Gasteiger partial charge in [0.1, 0.15) is 0 Å². The van der Waals surface area contributed by atoms with Crippen LogP contribution in [0.1, 0.15) is 54.6 Å². The molecule has 1 atom stereocenters. The summed E-state index contributed by atoms with van der Waals surface area (Å²) < 4.78 is 5.11. The van der Waals surface area contributed by atoms with E-state index in [1.54, 1.807) is 30.3 Å². The van der Waals surface area contributed by atoms with E-state index < -0.39 is 18.0 Å². The Hall–Kier alpha value is -3.46. The largest absolute Gasteiger partial charge is 0.453 e. The normalized spacial score (nSPS) is 11.2. The Bertz CT molecular complexity index is 913. The van der Waals surface area contributed by atoms with Crippen molar-refractivity contribution in [1.29, 1.82) is 5.26 Å². The minimum Gasteiger partial charge on any atom is -0.453 e. The average molecular weight is 392 g/mol. The number of hydrogen-bond donors (Lipinski definition) is 1. The number of esters is 1. The summed E-state index contributed by atoms with van der Waals surface area (Å²) in [5, 5.41) is 11.5. The standard InChI is InChI=1S/C23H24N2O4/c1-3-5-17-8-10-19(11-9-17)21(26)12-13-22(27)29-16(2)23(28)25-20-7-4-6-18(14-20)15-24/h4,6-11,14,16H,3,5,12-13H2,1-2H3,(H,25,28)/t16-/m0/s1. The number of ether oxygens (including phenoxy) is 1. The van der Waals surface area contributed by atoms with Crippen LogP contribution in [0.4, 0.5) is 5.69 Å². The lowest BCUT2D eigenvalue weighted by Crippen LogP contribution is -2.30. The minimum atomic E-state index is -1.02. The molecule has 0 spiro atoms. The SMILES string of the molecule is CCCc1ccc(C(=O)CCC(=O)O[C@@H](C)C(=O)Nc2cccc(C#N)c2)cc1. The van der Waals surface area contributed by atoms with E-state index in [0.717, 1.165) is 12.8 Å². The van der Waals surface area contributed by atoms with Gasteiger partial charge in [-0.25, -0.2) is 0 Å². The van der Waals surface area contributed by atoms with Gasteiger partial charge in [-0.3, -0.25) is 14.4 Å². The van der Waals surface area contributed by atoms with Gasteiger partial charge in [0, 0.05) is 17.7 Å². The smallest absolute Gasteiger partial charge is 0.307 e. The molecule has 1 amide bonds. The highest BCUT2D eigenvalue weighted by Gasteiger charge is 2.19. The first kappa shape index (κ1) is 21.8. The zero-order valence-electron chi connectivity index (χ0n) is 16.6. The van der Waals surface area contributed by atoms with Crippen LogP contribution >= 0.6 is 0 Å². The van der Waals surface area contributed by atoms with Gasteiger partial charge >= 0.3 is 5.97 Å². The number of aryl methyl sites for hydroxylation is 1. The highest BCUT2D eigenvalue weighted by Crippen LogP contribution is 2.12. The Labute approximate surface area is 170 Å². The lowest BCUT2D eigenvalue weighted by atomic mass is 10.0. The van der Waals surface area contributed by atoms with E-state index in [1.165, 1.54) is 18.6 Å². The molecule has 0 unspecified atom stereocenters. The number of nitrogens with one attached hydrogen (secondary N) is 1. The Kier molecular flexibility index (Phi) is 8.11. The summed E-state index contributed by atoms with van der Waals surface area (Å²) in [6.45, 7) is 3.55. The molecular formula is C23H24N2O4. The number of benzene rings is 2. The molecule has 0 aliphatic rings. The summed E-state index contributed by atoms with van der Waals surface area (Å²) in [6, 6.07) is 15.8. The van der Waals surface area contributed by atoms with Crippen molar-refractivity contribution in [1.82, 2.24) is 0 Å². The maximum absolute atomic E-state index is 12.2. The Morgan fingerprint density at radius 3 is 2.48 bits per heavy atom. The van der Waals surface area contributed by atoms with Gasteiger partial charge < -0.3 is 10.1 Å². The lowest BCUT2D eigenvalue weighted by molar-refractivity contribution is -0.153. The summed E-state index contributed by atoms with van der Waals surface area (Å²) in [7, 11) is 0. The summed E-state index contributed by atoms with van der Waals surface area (Å²) in [5.41, 5.74) is 2.58. The van der Waals surface area contributed by atoms with Gasteiger partial charge in [-0.05, 0) is 37.1 Å². The number of rotatable bonds is 9. The van der Waals surface area contributed by atoms with Crippen LogP contribution in [0.2, 0.25) is 0 Å². The third-order valence-corrected chi connectivity index (χ3v) is 4.31. The van der Waals surface area contributed by atoms with E-state index in [-0.39, 0.29) is 18.6 Å². The maximum atomic E-state index is 12.2. The zero-order valence-corrected chi connectivity index (χ0v) is 16.6. The first-order chi connectivity index (χ1) is 13.9. The molecular weight excluding hydrogens is 368 g/mol. The van der Waals surface area contributed by atoms with Crippen LogP contribution in [-0.4, -0.2) is 23.8 Å². The van der Waals surface area contributed by atoms with E-state index in [0.29, 0.717) is 16.8 Å². The molecule has 0 fully saturated rings. The van der Waals surface area contributed by atoms with Crippen LogP contribution in [0.5, 0.6) is 0 Å². The van der Waals surface area contributed by atoms with Crippen LogP contribution in [0, 0.1) is 11.3 Å². The van der Waals surface area contributed by atoms with Gasteiger partial charge in [0.05, 0.1) is 18.1 Å². The first-order valence-electron chi connectivity index (χ1n) is 9.55. The number of amides is 1. The third kappa shape index (κ3) is 6.89. The molecule has 0 heterocycles. The molecule has 0 aromatic heterocycles. The fraction of sp³-hybridized carbons (Fsp3) is 0.304. The Morgan fingerprint density at radius 1 is 1.10 bits per heavy atom. The average Bonchev–Trinajstić information content (AvgIpc) is 2.72. The quantitative estimate of drug-likeness (QED) is 0.513. The van der Waals surface area contributed by atoms with Gasteiger partial charge in [0.15, 0.2) is 11.9 Å². The number of carbonyl (C=O) groups is 3. The number of hydrogen-bond acceptors (Lipinski definition) is 5. The predicted octanol–water partition coefficient (Wildman–Crippen LogP) is 4.04. The molecule has 0 saturated heterocycles. The van der Waals surface area contributed by atoms with Crippen molar-refractivity contribution in [2.24, 2.45) is 0 Å². The van der Waals surface area contributed by atoms with Crippen LogP contribution in [0.3, 0.4) is 0 Å². The van der Waals surface area contributed by atoms with Crippen molar-refractivity contribution in [3.63, 3.8) is 0 Å². The third-order valence-electron chi connectivity index (χ3n) is 4.31. The lowest BCUT2D eigenvalue weighted by Gasteiger charge is -2.13. The van der Waals surface area contributed by atoms with Crippen LogP contribution in [0.15, 0.2) is 48.5 Å². The molecule has 2 rings (SSSR count). The highest BCUT2D eigenvalue weighted by molar-refractivity contribution is 5.98.